The zero-order valence-corrected chi connectivity index (χ0v) is 16.9. The fourth-order valence-electron chi connectivity index (χ4n) is 2.55. The lowest BCUT2D eigenvalue weighted by Crippen LogP contribution is -2.15. The number of aromatic nitrogens is 3. The van der Waals surface area contributed by atoms with Crippen molar-refractivity contribution in [1.82, 2.24) is 14.9 Å². The van der Waals surface area contributed by atoms with E-state index in [1.54, 1.807) is 18.1 Å². The molecule has 3 aromatic rings. The van der Waals surface area contributed by atoms with Crippen molar-refractivity contribution >= 4 is 28.1 Å². The van der Waals surface area contributed by atoms with Crippen LogP contribution in [0, 0.1) is 11.7 Å². The number of aromatic amines is 1. The summed E-state index contributed by atoms with van der Waals surface area (Å²) in [5, 5.41) is 6.61. The van der Waals surface area contributed by atoms with Gasteiger partial charge >= 0.3 is 0 Å². The Bertz CT molecular complexity index is 954. The zero-order chi connectivity index (χ0) is 18.5. The molecule has 0 saturated carbocycles. The average Bonchev–Trinajstić information content (AvgIpc) is 3.04. The van der Waals surface area contributed by atoms with E-state index in [0.717, 1.165) is 15.6 Å². The number of hydrogen-bond acceptors (Lipinski definition) is 5. The van der Waals surface area contributed by atoms with Crippen molar-refractivity contribution in [2.24, 2.45) is 0 Å². The van der Waals surface area contributed by atoms with E-state index in [9.17, 15) is 0 Å². The van der Waals surface area contributed by atoms with E-state index in [4.69, 9.17) is 21.7 Å². The maximum absolute atomic E-state index is 6.13. The molecule has 0 bridgehead atoms. The van der Waals surface area contributed by atoms with E-state index in [2.05, 4.69) is 50.6 Å². The molecule has 136 valence electrons. The second-order valence-electron chi connectivity index (χ2n) is 5.70. The summed E-state index contributed by atoms with van der Waals surface area (Å²) in [6.45, 7) is 2.99. The van der Waals surface area contributed by atoms with E-state index in [1.807, 2.05) is 24.3 Å². The van der Waals surface area contributed by atoms with Crippen molar-refractivity contribution in [3.63, 3.8) is 0 Å². The summed E-state index contributed by atoms with van der Waals surface area (Å²) in [5.41, 5.74) is 6.43. The van der Waals surface area contributed by atoms with Crippen molar-refractivity contribution < 1.29 is 9.47 Å². The number of H-pyrrole nitrogens is 1. The van der Waals surface area contributed by atoms with E-state index >= 15 is 0 Å². The van der Waals surface area contributed by atoms with Crippen LogP contribution in [0.2, 0.25) is 0 Å². The Kier molecular flexibility index (Phi) is 5.95. The summed E-state index contributed by atoms with van der Waals surface area (Å²) in [4.78, 5) is 0. The van der Waals surface area contributed by atoms with Gasteiger partial charge in [0.25, 0.3) is 0 Å². The second-order valence-corrected chi connectivity index (χ2v) is 6.94. The highest BCUT2D eigenvalue weighted by molar-refractivity contribution is 9.10. The Balaban J connectivity index is 1.85. The smallest absolute Gasteiger partial charge is 0.214 e. The molecule has 1 heterocycles. The van der Waals surface area contributed by atoms with Crippen LogP contribution in [0.1, 0.15) is 16.7 Å². The molecule has 1 aromatic heterocycles. The minimum absolute atomic E-state index is 0.451. The molecule has 0 amide bonds. The predicted molar refractivity (Wildman–Crippen MR) is 107 cm³/mol. The lowest BCUT2D eigenvalue weighted by Gasteiger charge is -2.17. The Hall–Kier alpha value is -2.32. The number of benzene rings is 2. The highest BCUT2D eigenvalue weighted by Gasteiger charge is 2.15. The number of nitrogens with zero attached hydrogens (tertiary/aromatic N) is 2. The molecular weight excluding hydrogens is 416 g/mol. The van der Waals surface area contributed by atoms with Crippen LogP contribution in [0.15, 0.2) is 47.2 Å². The summed E-state index contributed by atoms with van der Waals surface area (Å²) in [7, 11) is 1.63. The molecule has 0 atom stereocenters. The first-order valence-corrected chi connectivity index (χ1v) is 9.18. The number of methoxy groups -OCH3 is 1. The third-order valence-electron chi connectivity index (χ3n) is 3.83. The number of aryl methyl sites for hydroxylation is 1. The molecule has 2 aromatic carbocycles. The fourth-order valence-corrected chi connectivity index (χ4v) is 3.17. The van der Waals surface area contributed by atoms with Crippen molar-refractivity contribution in [2.45, 2.75) is 20.1 Å². The van der Waals surface area contributed by atoms with Gasteiger partial charge in [0, 0.05) is 10.0 Å². The molecule has 8 heteroatoms. The molecule has 0 fully saturated rings. The van der Waals surface area contributed by atoms with Crippen LogP contribution < -0.4 is 14.9 Å². The first kappa shape index (κ1) is 18.5. The van der Waals surface area contributed by atoms with Gasteiger partial charge in [-0.2, -0.15) is 5.10 Å². The van der Waals surface area contributed by atoms with Crippen LogP contribution >= 0.6 is 28.1 Å². The lowest BCUT2D eigenvalue weighted by atomic mass is 10.1. The molecule has 0 saturated heterocycles. The predicted octanol–water partition coefficient (Wildman–Crippen LogP) is 4.34. The largest absolute Gasteiger partial charge is 0.493 e. The van der Waals surface area contributed by atoms with Crippen LogP contribution in [0.3, 0.4) is 0 Å². The van der Waals surface area contributed by atoms with Gasteiger partial charge in [-0.3, -0.25) is 5.10 Å². The Morgan fingerprint density at radius 2 is 2.15 bits per heavy atom. The van der Waals surface area contributed by atoms with Gasteiger partial charge in [0.05, 0.1) is 13.7 Å². The summed E-state index contributed by atoms with van der Waals surface area (Å²) in [6.07, 6.45) is 1.59. The van der Waals surface area contributed by atoms with Gasteiger partial charge in [0.2, 0.25) is 4.77 Å². The number of nitrogens with one attached hydrogen (secondary N) is 2. The van der Waals surface area contributed by atoms with Crippen molar-refractivity contribution in [3.05, 3.63) is 68.7 Å². The van der Waals surface area contributed by atoms with Gasteiger partial charge in [-0.05, 0) is 36.8 Å². The van der Waals surface area contributed by atoms with Crippen molar-refractivity contribution in [1.29, 1.82) is 0 Å². The third kappa shape index (κ3) is 4.25. The van der Waals surface area contributed by atoms with E-state index in [0.29, 0.717) is 29.4 Å². The molecule has 0 aliphatic carbocycles. The minimum Gasteiger partial charge on any atom is -0.493 e. The van der Waals surface area contributed by atoms with Crippen LogP contribution in [-0.4, -0.2) is 22.0 Å². The maximum atomic E-state index is 6.13. The van der Waals surface area contributed by atoms with E-state index in [1.165, 1.54) is 5.56 Å². The van der Waals surface area contributed by atoms with Crippen LogP contribution in [0.4, 0.5) is 0 Å². The first-order chi connectivity index (χ1) is 12.6. The van der Waals surface area contributed by atoms with Crippen molar-refractivity contribution in [3.8, 4) is 11.5 Å². The summed E-state index contributed by atoms with van der Waals surface area (Å²) < 4.78 is 14.7. The van der Waals surface area contributed by atoms with Gasteiger partial charge in [-0.1, -0.05) is 45.8 Å². The topological polar surface area (TPSA) is 64.1 Å². The molecule has 0 unspecified atom stereocenters. The molecule has 26 heavy (non-hydrogen) atoms. The quantitative estimate of drug-likeness (QED) is 0.541. The summed E-state index contributed by atoms with van der Waals surface area (Å²) >= 11 is 8.75. The minimum atomic E-state index is 0.451. The Morgan fingerprint density at radius 3 is 2.85 bits per heavy atom. The molecule has 0 spiro atoms. The Labute approximate surface area is 165 Å². The number of hydrogen-bond donors (Lipinski definition) is 2. The number of halogens is 1. The van der Waals surface area contributed by atoms with Gasteiger partial charge in [0.15, 0.2) is 11.5 Å². The standard InChI is InChI=1S/C18H19BrN4O2S/c1-12-4-3-5-13(8-12)10-25-17-14(15(19)6-7-16(17)24-2)9-21-23-11-20-22-18(23)26/h3-8,11,21H,9-10H2,1-2H3,(H,22,26). The first-order valence-electron chi connectivity index (χ1n) is 7.98. The Morgan fingerprint density at radius 1 is 1.31 bits per heavy atom. The maximum Gasteiger partial charge on any atom is 0.214 e. The monoisotopic (exact) mass is 434 g/mol. The van der Waals surface area contributed by atoms with Crippen LogP contribution in [-0.2, 0) is 13.2 Å². The van der Waals surface area contributed by atoms with E-state index in [-0.39, 0.29) is 0 Å². The average molecular weight is 435 g/mol. The van der Waals surface area contributed by atoms with Gasteiger partial charge < -0.3 is 14.9 Å². The van der Waals surface area contributed by atoms with Crippen LogP contribution in [0.5, 0.6) is 11.5 Å². The highest BCUT2D eigenvalue weighted by Crippen LogP contribution is 2.37. The molecule has 3 rings (SSSR count). The van der Waals surface area contributed by atoms with Gasteiger partial charge in [-0.15, -0.1) is 0 Å². The molecule has 0 radical (unpaired) electrons. The molecule has 6 nitrogen and oxygen atoms in total. The highest BCUT2D eigenvalue weighted by atomic mass is 79.9. The summed E-state index contributed by atoms with van der Waals surface area (Å²) in [6, 6.07) is 12.0. The van der Waals surface area contributed by atoms with Gasteiger partial charge in [0.1, 0.15) is 12.9 Å². The zero-order valence-electron chi connectivity index (χ0n) is 14.5. The van der Waals surface area contributed by atoms with Gasteiger partial charge in [-0.25, -0.2) is 4.68 Å². The fraction of sp³-hybridized carbons (Fsp3) is 0.222. The lowest BCUT2D eigenvalue weighted by molar-refractivity contribution is 0.281. The van der Waals surface area contributed by atoms with Crippen molar-refractivity contribution in [2.75, 3.05) is 12.5 Å². The number of rotatable bonds is 7. The second kappa shape index (κ2) is 8.37. The molecule has 2 N–H and O–H groups in total. The summed E-state index contributed by atoms with van der Waals surface area (Å²) in [5.74, 6) is 1.36. The molecule has 0 aliphatic rings. The normalized spacial score (nSPS) is 10.6. The van der Waals surface area contributed by atoms with E-state index < -0.39 is 0 Å². The SMILES string of the molecule is COc1ccc(Br)c(CNn2cn[nH]c2=S)c1OCc1cccc(C)c1. The molecule has 0 aliphatic heterocycles. The molecular formula is C18H19BrN4O2S. The number of ether oxygens (including phenoxy) is 2. The third-order valence-corrected chi connectivity index (χ3v) is 4.86. The van der Waals surface area contributed by atoms with Crippen LogP contribution in [0.25, 0.3) is 0 Å².